The lowest BCUT2D eigenvalue weighted by Gasteiger charge is -2.38. The van der Waals surface area contributed by atoms with Gasteiger partial charge in [-0.1, -0.05) is 0 Å². The highest BCUT2D eigenvalue weighted by Crippen LogP contribution is 2.21. The zero-order valence-electron chi connectivity index (χ0n) is 13.9. The zero-order chi connectivity index (χ0) is 15.2. The molecular weight excluding hydrogens is 276 g/mol. The number of nitrogens with zero attached hydrogens (tertiary/aromatic N) is 4. The van der Waals surface area contributed by atoms with Gasteiger partial charge in [-0.05, 0) is 51.3 Å². The first-order valence-corrected chi connectivity index (χ1v) is 8.83. The van der Waals surface area contributed by atoms with E-state index in [1.807, 2.05) is 16.9 Å². The van der Waals surface area contributed by atoms with Crippen LogP contribution in [0.5, 0.6) is 0 Å². The third-order valence-corrected chi connectivity index (χ3v) is 5.23. The molecular formula is C17H30N4O. The first-order chi connectivity index (χ1) is 10.8. The van der Waals surface area contributed by atoms with Gasteiger partial charge in [0.2, 0.25) is 0 Å². The Bertz CT molecular complexity index is 408. The molecule has 0 radical (unpaired) electrons. The van der Waals surface area contributed by atoms with Crippen molar-refractivity contribution in [2.24, 2.45) is 5.92 Å². The largest absolute Gasteiger partial charge is 0.379 e. The van der Waals surface area contributed by atoms with Gasteiger partial charge in [0.15, 0.2) is 0 Å². The fourth-order valence-corrected chi connectivity index (χ4v) is 3.66. The van der Waals surface area contributed by atoms with Crippen molar-refractivity contribution in [1.82, 2.24) is 19.6 Å². The average molecular weight is 306 g/mol. The van der Waals surface area contributed by atoms with Crippen molar-refractivity contribution in [3.8, 4) is 0 Å². The van der Waals surface area contributed by atoms with E-state index in [1.54, 1.807) is 0 Å². The Kier molecular flexibility index (Phi) is 5.87. The maximum atomic E-state index is 5.44. The van der Waals surface area contributed by atoms with E-state index in [2.05, 4.69) is 28.0 Å². The van der Waals surface area contributed by atoms with Crippen LogP contribution in [-0.2, 0) is 11.3 Å². The minimum absolute atomic E-state index is 0.661. The second-order valence-corrected chi connectivity index (χ2v) is 6.80. The molecule has 2 fully saturated rings. The van der Waals surface area contributed by atoms with Gasteiger partial charge in [0.1, 0.15) is 0 Å². The molecule has 5 nitrogen and oxygen atoms in total. The zero-order valence-corrected chi connectivity index (χ0v) is 13.9. The Morgan fingerprint density at radius 2 is 1.95 bits per heavy atom. The standard InChI is InChI=1S/C17H30N4O/c1-16(3-10-21-7-2-6-18-21)20-8-4-17(5-9-20)15-19-11-13-22-14-12-19/h2,6-7,16-17H,3-5,8-15H2,1H3/t16-/m0/s1. The van der Waals surface area contributed by atoms with E-state index < -0.39 is 0 Å². The van der Waals surface area contributed by atoms with Crippen LogP contribution in [0.15, 0.2) is 18.5 Å². The van der Waals surface area contributed by atoms with Gasteiger partial charge in [-0.3, -0.25) is 9.58 Å². The number of hydrogen-bond acceptors (Lipinski definition) is 4. The second-order valence-electron chi connectivity index (χ2n) is 6.80. The second kappa shape index (κ2) is 8.09. The van der Waals surface area contributed by atoms with Crippen molar-refractivity contribution in [1.29, 1.82) is 0 Å². The summed E-state index contributed by atoms with van der Waals surface area (Å²) >= 11 is 0. The molecule has 1 aromatic heterocycles. The first kappa shape index (κ1) is 16.0. The molecule has 3 heterocycles. The van der Waals surface area contributed by atoms with Crippen molar-refractivity contribution in [3.63, 3.8) is 0 Å². The maximum absolute atomic E-state index is 5.44. The summed E-state index contributed by atoms with van der Waals surface area (Å²) in [4.78, 5) is 5.25. The highest BCUT2D eigenvalue weighted by molar-refractivity contribution is 4.81. The van der Waals surface area contributed by atoms with Crippen molar-refractivity contribution < 1.29 is 4.74 Å². The van der Waals surface area contributed by atoms with Gasteiger partial charge in [-0.15, -0.1) is 0 Å². The topological polar surface area (TPSA) is 33.5 Å². The van der Waals surface area contributed by atoms with Gasteiger partial charge in [0.05, 0.1) is 13.2 Å². The molecule has 0 amide bonds. The van der Waals surface area contributed by atoms with Gasteiger partial charge < -0.3 is 9.64 Å². The van der Waals surface area contributed by atoms with Crippen LogP contribution >= 0.6 is 0 Å². The molecule has 2 saturated heterocycles. The smallest absolute Gasteiger partial charge is 0.0594 e. The summed E-state index contributed by atoms with van der Waals surface area (Å²) in [6.07, 6.45) is 7.81. The molecule has 0 unspecified atom stereocenters. The molecule has 5 heteroatoms. The van der Waals surface area contributed by atoms with Gasteiger partial charge >= 0.3 is 0 Å². The lowest BCUT2D eigenvalue weighted by molar-refractivity contribution is 0.0224. The van der Waals surface area contributed by atoms with Crippen molar-refractivity contribution in [2.45, 2.75) is 38.8 Å². The van der Waals surface area contributed by atoms with E-state index in [0.29, 0.717) is 6.04 Å². The maximum Gasteiger partial charge on any atom is 0.0594 e. The van der Waals surface area contributed by atoms with E-state index in [0.717, 1.165) is 38.8 Å². The molecule has 0 aliphatic carbocycles. The van der Waals surface area contributed by atoms with E-state index in [9.17, 15) is 0 Å². The average Bonchev–Trinajstić information content (AvgIpc) is 3.08. The van der Waals surface area contributed by atoms with E-state index in [1.165, 1.54) is 38.9 Å². The Morgan fingerprint density at radius 3 is 2.64 bits per heavy atom. The molecule has 0 saturated carbocycles. The molecule has 1 atom stereocenters. The third-order valence-electron chi connectivity index (χ3n) is 5.23. The van der Waals surface area contributed by atoms with Crippen molar-refractivity contribution in [3.05, 3.63) is 18.5 Å². The first-order valence-electron chi connectivity index (χ1n) is 8.83. The number of likely N-dealkylation sites (tertiary alicyclic amines) is 1. The molecule has 0 aromatic carbocycles. The highest BCUT2D eigenvalue weighted by atomic mass is 16.5. The summed E-state index contributed by atoms with van der Waals surface area (Å²) in [7, 11) is 0. The SMILES string of the molecule is C[C@@H](CCn1cccn1)N1CCC(CN2CCOCC2)CC1. The summed E-state index contributed by atoms with van der Waals surface area (Å²) in [6, 6.07) is 2.66. The summed E-state index contributed by atoms with van der Waals surface area (Å²) in [6.45, 7) is 11.3. The van der Waals surface area contributed by atoms with Crippen LogP contribution in [0.2, 0.25) is 0 Å². The number of piperidine rings is 1. The summed E-state index contributed by atoms with van der Waals surface area (Å²) in [5.74, 6) is 0.882. The fourth-order valence-electron chi connectivity index (χ4n) is 3.66. The molecule has 22 heavy (non-hydrogen) atoms. The van der Waals surface area contributed by atoms with Crippen molar-refractivity contribution >= 4 is 0 Å². The van der Waals surface area contributed by atoms with Crippen LogP contribution in [0.25, 0.3) is 0 Å². The van der Waals surface area contributed by atoms with Crippen molar-refractivity contribution in [2.75, 3.05) is 45.9 Å². The van der Waals surface area contributed by atoms with Crippen LogP contribution in [0.1, 0.15) is 26.2 Å². The Hall–Kier alpha value is -0.910. The number of aromatic nitrogens is 2. The Balaban J connectivity index is 1.35. The van der Waals surface area contributed by atoms with Crippen LogP contribution in [0, 0.1) is 5.92 Å². The predicted octanol–water partition coefficient (Wildman–Crippen LogP) is 1.71. The molecule has 3 rings (SSSR count). The number of morpholine rings is 1. The summed E-state index contributed by atoms with van der Waals surface area (Å²) in [5.41, 5.74) is 0. The predicted molar refractivity (Wildman–Crippen MR) is 87.9 cm³/mol. The molecule has 0 N–H and O–H groups in total. The van der Waals surface area contributed by atoms with E-state index >= 15 is 0 Å². The monoisotopic (exact) mass is 306 g/mol. The molecule has 2 aliphatic heterocycles. The Labute approximate surface area is 134 Å². The quantitative estimate of drug-likeness (QED) is 0.801. The fraction of sp³-hybridized carbons (Fsp3) is 0.824. The van der Waals surface area contributed by atoms with Gasteiger partial charge in [-0.2, -0.15) is 5.10 Å². The van der Waals surface area contributed by atoms with Gasteiger partial charge in [0.25, 0.3) is 0 Å². The van der Waals surface area contributed by atoms with Gasteiger partial charge in [-0.25, -0.2) is 0 Å². The van der Waals surface area contributed by atoms with Crippen LogP contribution in [0.3, 0.4) is 0 Å². The van der Waals surface area contributed by atoms with Crippen LogP contribution in [-0.4, -0.2) is 71.6 Å². The minimum atomic E-state index is 0.661. The minimum Gasteiger partial charge on any atom is -0.379 e. The lowest BCUT2D eigenvalue weighted by atomic mass is 9.94. The summed E-state index contributed by atoms with van der Waals surface area (Å²) < 4.78 is 7.48. The van der Waals surface area contributed by atoms with E-state index in [4.69, 9.17) is 4.74 Å². The lowest BCUT2D eigenvalue weighted by Crippen LogP contribution is -2.45. The summed E-state index contributed by atoms with van der Waals surface area (Å²) in [5, 5.41) is 4.29. The number of aryl methyl sites for hydroxylation is 1. The molecule has 2 aliphatic rings. The number of rotatable bonds is 6. The Morgan fingerprint density at radius 1 is 1.18 bits per heavy atom. The molecule has 0 bridgehead atoms. The van der Waals surface area contributed by atoms with Crippen LogP contribution in [0.4, 0.5) is 0 Å². The van der Waals surface area contributed by atoms with E-state index in [-0.39, 0.29) is 0 Å². The molecule has 1 aromatic rings. The third kappa shape index (κ3) is 4.54. The normalized spacial score (nSPS) is 23.7. The van der Waals surface area contributed by atoms with Gasteiger partial charge in [0, 0.05) is 44.6 Å². The molecule has 124 valence electrons. The highest BCUT2D eigenvalue weighted by Gasteiger charge is 2.24. The van der Waals surface area contributed by atoms with Crippen LogP contribution < -0.4 is 0 Å². The number of hydrogen-bond donors (Lipinski definition) is 0. The molecule has 0 spiro atoms. The number of ether oxygens (including phenoxy) is 1.